The molecule has 0 amide bonds. The van der Waals surface area contributed by atoms with Gasteiger partial charge in [0.25, 0.3) is 0 Å². The minimum Gasteiger partial charge on any atom is -0.314 e. The van der Waals surface area contributed by atoms with Crippen LogP contribution in [0.15, 0.2) is 167 Å². The largest absolute Gasteiger partial charge is 0.314 e. The van der Waals surface area contributed by atoms with Crippen LogP contribution in [0.25, 0.3) is 49.5 Å². The van der Waals surface area contributed by atoms with E-state index in [2.05, 4.69) is 149 Å². The summed E-state index contributed by atoms with van der Waals surface area (Å²) in [5.41, 5.74) is 10.3. The van der Waals surface area contributed by atoms with Gasteiger partial charge < -0.3 is 4.90 Å². The Kier molecular flexibility index (Phi) is 4.80. The zero-order chi connectivity index (χ0) is 28.8. The zero-order valence-electron chi connectivity index (χ0n) is 23.9. The Labute approximate surface area is 254 Å². The first kappa shape index (κ1) is 23.8. The molecule has 0 bridgehead atoms. The molecule has 2 aliphatic carbocycles. The molecule has 44 heavy (non-hydrogen) atoms. The van der Waals surface area contributed by atoms with Crippen LogP contribution in [0.4, 0.5) is 0 Å². The second-order valence-corrected chi connectivity index (χ2v) is 11.8. The molecule has 10 rings (SSSR count). The summed E-state index contributed by atoms with van der Waals surface area (Å²) in [7, 11) is 0. The van der Waals surface area contributed by atoms with Gasteiger partial charge in [0.15, 0.2) is 0 Å². The lowest BCUT2D eigenvalue weighted by atomic mass is 9.94. The predicted octanol–water partition coefficient (Wildman–Crippen LogP) is 9.06. The van der Waals surface area contributed by atoms with Crippen LogP contribution in [0.2, 0.25) is 0 Å². The van der Waals surface area contributed by atoms with Gasteiger partial charge in [0.2, 0.25) is 0 Å². The molecule has 4 nitrogen and oxygen atoms in total. The molecule has 4 aromatic carbocycles. The van der Waals surface area contributed by atoms with Crippen molar-refractivity contribution in [3.63, 3.8) is 0 Å². The van der Waals surface area contributed by atoms with Crippen molar-refractivity contribution in [3.8, 4) is 11.4 Å². The van der Waals surface area contributed by atoms with Gasteiger partial charge in [-0.25, -0.2) is 9.98 Å². The highest BCUT2D eigenvalue weighted by Gasteiger charge is 2.38. The van der Waals surface area contributed by atoms with Gasteiger partial charge in [-0.05, 0) is 65.3 Å². The van der Waals surface area contributed by atoms with E-state index in [9.17, 15) is 0 Å². The summed E-state index contributed by atoms with van der Waals surface area (Å²) in [4.78, 5) is 13.3. The third-order valence-corrected chi connectivity index (χ3v) is 9.36. The van der Waals surface area contributed by atoms with Crippen LogP contribution in [0.5, 0.6) is 0 Å². The summed E-state index contributed by atoms with van der Waals surface area (Å²) in [5.74, 6) is 1.88. The third-order valence-electron chi connectivity index (χ3n) is 9.36. The number of allylic oxidation sites excluding steroid dienone is 7. The molecule has 0 N–H and O–H groups in total. The number of para-hydroxylation sites is 2. The number of fused-ring (bicyclic) bond motifs is 10. The highest BCUT2D eigenvalue weighted by molar-refractivity contribution is 6.12. The number of hydrogen-bond acceptors (Lipinski definition) is 3. The number of hydrogen-bond donors (Lipinski definition) is 0. The molecule has 1 atom stereocenters. The lowest BCUT2D eigenvalue weighted by Gasteiger charge is -2.35. The molecule has 4 heterocycles. The van der Waals surface area contributed by atoms with Gasteiger partial charge in [0.1, 0.15) is 11.7 Å². The Morgan fingerprint density at radius 1 is 0.727 bits per heavy atom. The van der Waals surface area contributed by atoms with E-state index in [4.69, 9.17) is 9.98 Å². The Morgan fingerprint density at radius 3 is 2.43 bits per heavy atom. The molecule has 206 valence electrons. The standard InChI is InChI=1S/C40H26N4/c1-2-12-26-22-32(40-42-34-18-8-6-16-30(34)38-24-28-14-4-10-20-36(28)44(38)40)31(21-25(26)11-1)39-41-33-17-7-5-15-29(33)37-23-27-13-3-9-19-35(27)43(37)39/h1-15,17-24,36H,16H2. The number of benzene rings is 4. The van der Waals surface area contributed by atoms with Crippen molar-refractivity contribution in [1.82, 2.24) is 14.3 Å². The van der Waals surface area contributed by atoms with E-state index in [1.165, 1.54) is 33.0 Å². The molecule has 6 aromatic rings. The van der Waals surface area contributed by atoms with Crippen LogP contribution in [-0.2, 0) is 0 Å². The van der Waals surface area contributed by atoms with E-state index in [0.717, 1.165) is 56.8 Å². The number of aliphatic imine (C=N–C) groups is 1. The predicted molar refractivity (Wildman–Crippen MR) is 181 cm³/mol. The second kappa shape index (κ2) is 8.88. The highest BCUT2D eigenvalue weighted by Crippen LogP contribution is 2.43. The number of amidine groups is 1. The monoisotopic (exact) mass is 562 g/mol. The lowest BCUT2D eigenvalue weighted by molar-refractivity contribution is 0.510. The Hall–Kier alpha value is -5.74. The van der Waals surface area contributed by atoms with Crippen LogP contribution in [0, 0.1) is 0 Å². The topological polar surface area (TPSA) is 32.9 Å². The fourth-order valence-electron chi connectivity index (χ4n) is 7.34. The van der Waals surface area contributed by atoms with E-state index < -0.39 is 0 Å². The van der Waals surface area contributed by atoms with Crippen LogP contribution in [-0.4, -0.2) is 26.2 Å². The van der Waals surface area contributed by atoms with Gasteiger partial charge in [-0.2, -0.15) is 0 Å². The van der Waals surface area contributed by atoms with Gasteiger partial charge in [-0.1, -0.05) is 97.1 Å². The first-order valence-electron chi connectivity index (χ1n) is 15.2. The molecule has 0 saturated heterocycles. The molecule has 2 aromatic heterocycles. The fraction of sp³-hybridized carbons (Fsp3) is 0.0500. The molecule has 1 unspecified atom stereocenters. The van der Waals surface area contributed by atoms with Crippen molar-refractivity contribution in [3.05, 3.63) is 168 Å². The van der Waals surface area contributed by atoms with Crippen LogP contribution < -0.4 is 0 Å². The molecule has 4 heteroatoms. The van der Waals surface area contributed by atoms with Crippen molar-refractivity contribution in [2.24, 2.45) is 4.99 Å². The highest BCUT2D eigenvalue weighted by atomic mass is 15.3. The third kappa shape index (κ3) is 3.28. The smallest absolute Gasteiger partial charge is 0.146 e. The van der Waals surface area contributed by atoms with Gasteiger partial charge in [-0.3, -0.25) is 4.40 Å². The Bertz CT molecular complexity index is 2480. The molecular formula is C40H26N4. The molecule has 2 aliphatic heterocycles. The minimum atomic E-state index is 0.102. The first-order chi connectivity index (χ1) is 21.8. The van der Waals surface area contributed by atoms with Crippen LogP contribution >= 0.6 is 0 Å². The van der Waals surface area contributed by atoms with Crippen molar-refractivity contribution in [1.29, 1.82) is 0 Å². The Morgan fingerprint density at radius 2 is 1.52 bits per heavy atom. The second-order valence-electron chi connectivity index (χ2n) is 11.8. The van der Waals surface area contributed by atoms with Crippen molar-refractivity contribution >= 4 is 43.9 Å². The van der Waals surface area contributed by atoms with Gasteiger partial charge >= 0.3 is 0 Å². The van der Waals surface area contributed by atoms with E-state index >= 15 is 0 Å². The van der Waals surface area contributed by atoms with Gasteiger partial charge in [0, 0.05) is 33.2 Å². The normalized spacial score (nSPS) is 18.6. The molecule has 0 fully saturated rings. The average Bonchev–Trinajstić information content (AvgIpc) is 3.67. The van der Waals surface area contributed by atoms with Crippen LogP contribution in [0.1, 0.15) is 12.0 Å². The molecule has 0 saturated carbocycles. The van der Waals surface area contributed by atoms with Crippen LogP contribution in [0.3, 0.4) is 0 Å². The maximum absolute atomic E-state index is 5.46. The fourth-order valence-corrected chi connectivity index (χ4v) is 7.34. The number of aromatic nitrogens is 2. The maximum atomic E-state index is 5.46. The summed E-state index contributed by atoms with van der Waals surface area (Å²) in [5, 5.41) is 4.71. The van der Waals surface area contributed by atoms with E-state index in [1.54, 1.807) is 0 Å². The Balaban J connectivity index is 1.33. The van der Waals surface area contributed by atoms with Crippen molar-refractivity contribution in [2.75, 3.05) is 0 Å². The van der Waals surface area contributed by atoms with E-state index in [0.29, 0.717) is 0 Å². The molecule has 0 radical (unpaired) electrons. The SMILES string of the molecule is C1=CCC2=C3C=C4C=CC=CC4N3C(c3cc4ccccc4cc3-c3nc4ccccc4c4cc5ccccc5n34)=NC2=C1. The molecular weight excluding hydrogens is 536 g/mol. The number of rotatable bonds is 2. The van der Waals surface area contributed by atoms with Gasteiger partial charge in [0.05, 0.1) is 28.3 Å². The van der Waals surface area contributed by atoms with E-state index in [-0.39, 0.29) is 6.04 Å². The minimum absolute atomic E-state index is 0.102. The summed E-state index contributed by atoms with van der Waals surface area (Å²) >= 11 is 0. The maximum Gasteiger partial charge on any atom is 0.146 e. The zero-order valence-corrected chi connectivity index (χ0v) is 23.9. The van der Waals surface area contributed by atoms with Crippen molar-refractivity contribution < 1.29 is 0 Å². The molecule has 0 spiro atoms. The summed E-state index contributed by atoms with van der Waals surface area (Å²) in [6.45, 7) is 0. The van der Waals surface area contributed by atoms with Gasteiger partial charge in [-0.15, -0.1) is 0 Å². The summed E-state index contributed by atoms with van der Waals surface area (Å²) in [6, 6.07) is 32.7. The number of nitrogens with zero attached hydrogens (tertiary/aromatic N) is 4. The lowest BCUT2D eigenvalue weighted by Crippen LogP contribution is -2.39. The molecule has 4 aliphatic rings. The summed E-state index contributed by atoms with van der Waals surface area (Å²) in [6.07, 6.45) is 18.6. The quantitative estimate of drug-likeness (QED) is 0.211. The average molecular weight is 563 g/mol. The van der Waals surface area contributed by atoms with Crippen molar-refractivity contribution in [2.45, 2.75) is 12.5 Å². The first-order valence-corrected chi connectivity index (χ1v) is 15.2. The van der Waals surface area contributed by atoms with E-state index in [1.807, 2.05) is 0 Å². The summed E-state index contributed by atoms with van der Waals surface area (Å²) < 4.78 is 2.34.